The monoisotopic (exact) mass is 282 g/mol. The average Bonchev–Trinajstić information content (AvgIpc) is 2.98. The molecule has 0 amide bonds. The Bertz CT molecular complexity index is 559. The summed E-state index contributed by atoms with van der Waals surface area (Å²) in [5.41, 5.74) is 1.09. The number of thiazole rings is 1. The van der Waals surface area contributed by atoms with Crippen LogP contribution in [0.3, 0.4) is 0 Å². The van der Waals surface area contributed by atoms with Gasteiger partial charge < -0.3 is 14.8 Å². The summed E-state index contributed by atoms with van der Waals surface area (Å²) in [6.45, 7) is 1.71. The number of hydrogen-bond acceptors (Lipinski definition) is 5. The number of halogens is 1. The van der Waals surface area contributed by atoms with Crippen molar-refractivity contribution in [2.75, 3.05) is 6.79 Å². The van der Waals surface area contributed by atoms with Crippen LogP contribution >= 0.6 is 22.9 Å². The molecule has 1 aromatic heterocycles. The third kappa shape index (κ3) is 2.43. The Morgan fingerprint density at radius 3 is 3.11 bits per heavy atom. The molecule has 1 aromatic carbocycles. The number of benzene rings is 1. The van der Waals surface area contributed by atoms with Crippen molar-refractivity contribution in [2.45, 2.75) is 13.1 Å². The second-order valence-corrected chi connectivity index (χ2v) is 5.56. The van der Waals surface area contributed by atoms with Crippen LogP contribution in [0, 0.1) is 0 Å². The van der Waals surface area contributed by atoms with Crippen molar-refractivity contribution in [3.05, 3.63) is 39.3 Å². The zero-order valence-corrected chi connectivity index (χ0v) is 11.1. The molecule has 1 N–H and O–H groups in total. The number of nitrogens with zero attached hydrogens (tertiary/aromatic N) is 1. The van der Waals surface area contributed by atoms with Gasteiger partial charge in [-0.2, -0.15) is 0 Å². The number of aromatic nitrogens is 1. The molecule has 0 radical (unpaired) electrons. The van der Waals surface area contributed by atoms with Crippen molar-refractivity contribution in [2.24, 2.45) is 0 Å². The van der Waals surface area contributed by atoms with Crippen LogP contribution in [0.25, 0.3) is 0 Å². The highest BCUT2D eigenvalue weighted by molar-refractivity contribution is 7.15. The highest BCUT2D eigenvalue weighted by Crippen LogP contribution is 2.35. The maximum Gasteiger partial charge on any atom is 0.231 e. The molecular weight excluding hydrogens is 272 g/mol. The van der Waals surface area contributed by atoms with Gasteiger partial charge in [-0.3, -0.25) is 0 Å². The maximum atomic E-state index is 5.82. The summed E-state index contributed by atoms with van der Waals surface area (Å²) >= 11 is 7.31. The van der Waals surface area contributed by atoms with Crippen LogP contribution in [0.5, 0.6) is 11.5 Å². The second kappa shape index (κ2) is 5.14. The lowest BCUT2D eigenvalue weighted by Crippen LogP contribution is -2.12. The molecule has 6 heteroatoms. The minimum absolute atomic E-state index is 0.300. The first-order valence-electron chi connectivity index (χ1n) is 5.51. The van der Waals surface area contributed by atoms with E-state index >= 15 is 0 Å². The number of nitrogens with one attached hydrogen (secondary N) is 1. The third-order valence-corrected chi connectivity index (χ3v) is 3.71. The molecule has 0 spiro atoms. The summed E-state index contributed by atoms with van der Waals surface area (Å²) in [7, 11) is 0. The number of ether oxygens (including phenoxy) is 2. The largest absolute Gasteiger partial charge is 0.454 e. The van der Waals surface area contributed by atoms with Crippen molar-refractivity contribution < 1.29 is 9.47 Å². The highest BCUT2D eigenvalue weighted by atomic mass is 35.5. The van der Waals surface area contributed by atoms with Gasteiger partial charge in [-0.05, 0) is 6.07 Å². The second-order valence-electron chi connectivity index (χ2n) is 3.81. The highest BCUT2D eigenvalue weighted by Gasteiger charge is 2.16. The molecule has 0 bridgehead atoms. The summed E-state index contributed by atoms with van der Waals surface area (Å²) in [5, 5.41) is 4.29. The average molecular weight is 283 g/mol. The van der Waals surface area contributed by atoms with Gasteiger partial charge in [0.1, 0.15) is 9.34 Å². The zero-order chi connectivity index (χ0) is 12.4. The van der Waals surface area contributed by atoms with Gasteiger partial charge in [0.05, 0.1) is 6.20 Å². The standard InChI is InChI=1S/C12H11ClN2O2S/c13-10-5-15-11(18-10)6-14-4-8-2-1-3-9-12(8)17-7-16-9/h1-3,5,14H,4,6-7H2. The number of para-hydroxylation sites is 1. The number of fused-ring (bicyclic) bond motifs is 1. The minimum atomic E-state index is 0.300. The number of hydrogen-bond donors (Lipinski definition) is 1. The molecule has 1 aliphatic rings. The van der Waals surface area contributed by atoms with E-state index in [1.165, 1.54) is 11.3 Å². The van der Waals surface area contributed by atoms with Gasteiger partial charge in [-0.1, -0.05) is 23.7 Å². The molecule has 0 saturated heterocycles. The van der Waals surface area contributed by atoms with Crippen LogP contribution in [0.15, 0.2) is 24.4 Å². The fraction of sp³-hybridized carbons (Fsp3) is 0.250. The topological polar surface area (TPSA) is 43.4 Å². The molecule has 0 saturated carbocycles. The van der Waals surface area contributed by atoms with Gasteiger partial charge in [0.15, 0.2) is 11.5 Å². The predicted molar refractivity (Wildman–Crippen MR) is 70.2 cm³/mol. The molecule has 2 heterocycles. The first-order valence-corrected chi connectivity index (χ1v) is 6.71. The maximum absolute atomic E-state index is 5.82. The van der Waals surface area contributed by atoms with Crippen LogP contribution in [-0.2, 0) is 13.1 Å². The Morgan fingerprint density at radius 2 is 2.28 bits per heavy atom. The molecular formula is C12H11ClN2O2S. The van der Waals surface area contributed by atoms with E-state index < -0.39 is 0 Å². The molecule has 0 fully saturated rings. The van der Waals surface area contributed by atoms with Crippen LogP contribution < -0.4 is 14.8 Å². The summed E-state index contributed by atoms with van der Waals surface area (Å²) < 4.78 is 11.5. The molecule has 0 atom stereocenters. The zero-order valence-electron chi connectivity index (χ0n) is 9.48. The van der Waals surface area contributed by atoms with Crippen LogP contribution in [0.4, 0.5) is 0 Å². The fourth-order valence-electron chi connectivity index (χ4n) is 1.80. The lowest BCUT2D eigenvalue weighted by Gasteiger charge is -2.06. The minimum Gasteiger partial charge on any atom is -0.454 e. The molecule has 0 aliphatic carbocycles. The first-order chi connectivity index (χ1) is 8.83. The summed E-state index contributed by atoms with van der Waals surface area (Å²) in [4.78, 5) is 4.19. The van der Waals surface area contributed by atoms with Crippen molar-refractivity contribution in [1.29, 1.82) is 0 Å². The fourth-order valence-corrected chi connectivity index (χ4v) is 2.73. The molecule has 18 heavy (non-hydrogen) atoms. The van der Waals surface area contributed by atoms with Gasteiger partial charge in [0.25, 0.3) is 0 Å². The summed E-state index contributed by atoms with van der Waals surface area (Å²) in [6.07, 6.45) is 1.67. The smallest absolute Gasteiger partial charge is 0.231 e. The Morgan fingerprint density at radius 1 is 1.33 bits per heavy atom. The van der Waals surface area contributed by atoms with Crippen molar-refractivity contribution in [3.63, 3.8) is 0 Å². The van der Waals surface area contributed by atoms with E-state index in [9.17, 15) is 0 Å². The molecule has 4 nitrogen and oxygen atoms in total. The molecule has 1 aliphatic heterocycles. The molecule has 0 unspecified atom stereocenters. The summed E-state index contributed by atoms with van der Waals surface area (Å²) in [5.74, 6) is 1.65. The Kier molecular flexibility index (Phi) is 3.36. The van der Waals surface area contributed by atoms with E-state index in [-0.39, 0.29) is 0 Å². The Labute approximate surface area is 114 Å². The predicted octanol–water partition coefficient (Wildman–Crippen LogP) is 2.82. The van der Waals surface area contributed by atoms with Crippen LogP contribution in [-0.4, -0.2) is 11.8 Å². The number of rotatable bonds is 4. The lowest BCUT2D eigenvalue weighted by atomic mass is 10.2. The van der Waals surface area contributed by atoms with Crippen LogP contribution in [0.2, 0.25) is 4.34 Å². The third-order valence-electron chi connectivity index (χ3n) is 2.60. The Hall–Kier alpha value is -1.30. The van der Waals surface area contributed by atoms with E-state index in [0.717, 1.165) is 22.1 Å². The summed E-state index contributed by atoms with van der Waals surface area (Å²) in [6, 6.07) is 5.90. The normalized spacial score (nSPS) is 12.9. The van der Waals surface area contributed by atoms with E-state index in [1.807, 2.05) is 18.2 Å². The Balaban J connectivity index is 1.62. The molecule has 94 valence electrons. The molecule has 3 rings (SSSR count). The quantitative estimate of drug-likeness (QED) is 0.936. The van der Waals surface area contributed by atoms with E-state index in [1.54, 1.807) is 6.20 Å². The van der Waals surface area contributed by atoms with E-state index in [0.29, 0.717) is 24.2 Å². The first kappa shape index (κ1) is 11.8. The molecule has 2 aromatic rings. The SMILES string of the molecule is Clc1cnc(CNCc2cccc3c2OCO3)s1. The van der Waals surface area contributed by atoms with E-state index in [2.05, 4.69) is 10.3 Å². The van der Waals surface area contributed by atoms with Crippen molar-refractivity contribution in [3.8, 4) is 11.5 Å². The van der Waals surface area contributed by atoms with Gasteiger partial charge in [0, 0.05) is 18.7 Å². The van der Waals surface area contributed by atoms with Crippen molar-refractivity contribution >= 4 is 22.9 Å². The van der Waals surface area contributed by atoms with Gasteiger partial charge >= 0.3 is 0 Å². The van der Waals surface area contributed by atoms with Crippen molar-refractivity contribution in [1.82, 2.24) is 10.3 Å². The van der Waals surface area contributed by atoms with Crippen LogP contribution in [0.1, 0.15) is 10.6 Å². The van der Waals surface area contributed by atoms with Gasteiger partial charge in [0.2, 0.25) is 6.79 Å². The van der Waals surface area contributed by atoms with Gasteiger partial charge in [-0.25, -0.2) is 4.98 Å². The van der Waals surface area contributed by atoms with Gasteiger partial charge in [-0.15, -0.1) is 11.3 Å². The lowest BCUT2D eigenvalue weighted by molar-refractivity contribution is 0.173. The van der Waals surface area contributed by atoms with E-state index in [4.69, 9.17) is 21.1 Å².